The van der Waals surface area contributed by atoms with Crippen molar-refractivity contribution in [2.75, 3.05) is 0 Å². The summed E-state index contributed by atoms with van der Waals surface area (Å²) in [5, 5.41) is 0. The van der Waals surface area contributed by atoms with Crippen LogP contribution in [0, 0.1) is 12.8 Å². The lowest BCUT2D eigenvalue weighted by Crippen LogP contribution is -2.01. The highest BCUT2D eigenvalue weighted by atomic mass is 14.1. The SMILES string of the molecule is [CH2]CCCC(CCCC)CCCCCCCCCCCCCCCCCCC. The van der Waals surface area contributed by atoms with Gasteiger partial charge in [0.25, 0.3) is 0 Å². The molecule has 0 aromatic rings. The number of hydrogen-bond acceptors (Lipinski definition) is 0. The van der Waals surface area contributed by atoms with E-state index in [1.54, 1.807) is 0 Å². The topological polar surface area (TPSA) is 0 Å². The Hall–Kier alpha value is 0. The summed E-state index contributed by atoms with van der Waals surface area (Å²) in [5.74, 6) is 0.998. The van der Waals surface area contributed by atoms with Crippen LogP contribution in [0.15, 0.2) is 0 Å². The van der Waals surface area contributed by atoms with Crippen molar-refractivity contribution in [2.24, 2.45) is 5.92 Å². The van der Waals surface area contributed by atoms with Crippen LogP contribution < -0.4 is 0 Å². The molecule has 0 aromatic heterocycles. The third kappa shape index (κ3) is 22.3. The van der Waals surface area contributed by atoms with Gasteiger partial charge in [0, 0.05) is 0 Å². The Labute approximate surface area is 181 Å². The average molecular weight is 394 g/mol. The van der Waals surface area contributed by atoms with Gasteiger partial charge in [-0.25, -0.2) is 0 Å². The Morgan fingerprint density at radius 1 is 0.393 bits per heavy atom. The molecule has 0 N–H and O–H groups in total. The summed E-state index contributed by atoms with van der Waals surface area (Å²) in [7, 11) is 0. The maximum Gasteiger partial charge on any atom is -0.0414 e. The van der Waals surface area contributed by atoms with E-state index in [2.05, 4.69) is 20.8 Å². The predicted molar refractivity (Wildman–Crippen MR) is 131 cm³/mol. The molecule has 0 fully saturated rings. The van der Waals surface area contributed by atoms with Crippen molar-refractivity contribution in [1.82, 2.24) is 0 Å². The Morgan fingerprint density at radius 3 is 1.11 bits per heavy atom. The second-order valence-electron chi connectivity index (χ2n) is 9.45. The lowest BCUT2D eigenvalue weighted by atomic mass is 9.90. The van der Waals surface area contributed by atoms with Crippen LogP contribution in [0.1, 0.15) is 168 Å². The van der Waals surface area contributed by atoms with Crippen molar-refractivity contribution < 1.29 is 0 Å². The zero-order valence-corrected chi connectivity index (χ0v) is 20.3. The zero-order chi connectivity index (χ0) is 20.5. The van der Waals surface area contributed by atoms with Gasteiger partial charge in [-0.1, -0.05) is 175 Å². The second kappa shape index (κ2) is 25.0. The minimum atomic E-state index is 0.998. The third-order valence-electron chi connectivity index (χ3n) is 6.54. The molecule has 0 saturated carbocycles. The van der Waals surface area contributed by atoms with E-state index in [1.807, 2.05) is 0 Å². The highest BCUT2D eigenvalue weighted by Gasteiger charge is 2.07. The molecule has 1 atom stereocenters. The third-order valence-corrected chi connectivity index (χ3v) is 6.54. The molecule has 0 aliphatic heterocycles. The molecular weight excluding hydrogens is 336 g/mol. The lowest BCUT2D eigenvalue weighted by molar-refractivity contribution is 0.378. The minimum absolute atomic E-state index is 0.998. The van der Waals surface area contributed by atoms with Crippen molar-refractivity contribution in [2.45, 2.75) is 168 Å². The monoisotopic (exact) mass is 393 g/mol. The first-order valence-corrected chi connectivity index (χ1v) is 13.6. The van der Waals surface area contributed by atoms with Crippen LogP contribution in [0.5, 0.6) is 0 Å². The molecule has 0 bridgehead atoms. The summed E-state index contributed by atoms with van der Waals surface area (Å²) >= 11 is 0. The van der Waals surface area contributed by atoms with Crippen molar-refractivity contribution in [3.05, 3.63) is 6.92 Å². The molecule has 1 radical (unpaired) electrons. The van der Waals surface area contributed by atoms with E-state index in [1.165, 1.54) is 148 Å². The molecule has 0 aromatic carbocycles. The maximum absolute atomic E-state index is 4.02. The fourth-order valence-electron chi connectivity index (χ4n) is 4.52. The Kier molecular flexibility index (Phi) is 25.0. The normalized spacial score (nSPS) is 11.6. The molecule has 0 aliphatic carbocycles. The van der Waals surface area contributed by atoms with Crippen molar-refractivity contribution >= 4 is 0 Å². The molecule has 0 rings (SSSR count). The van der Waals surface area contributed by atoms with Crippen molar-refractivity contribution in [1.29, 1.82) is 0 Å². The molecule has 0 heterocycles. The first kappa shape index (κ1) is 28.0. The Balaban J connectivity index is 3.23. The van der Waals surface area contributed by atoms with Crippen LogP contribution in [-0.4, -0.2) is 0 Å². The molecule has 28 heavy (non-hydrogen) atoms. The molecular formula is C28H57. The van der Waals surface area contributed by atoms with E-state index < -0.39 is 0 Å². The predicted octanol–water partition coefficient (Wildman–Crippen LogP) is 10.8. The summed E-state index contributed by atoms with van der Waals surface area (Å²) < 4.78 is 0. The van der Waals surface area contributed by atoms with Gasteiger partial charge in [0.15, 0.2) is 0 Å². The highest BCUT2D eigenvalue weighted by Crippen LogP contribution is 2.23. The van der Waals surface area contributed by atoms with Crippen LogP contribution in [0.4, 0.5) is 0 Å². The summed E-state index contributed by atoms with van der Waals surface area (Å²) in [4.78, 5) is 0. The molecule has 0 nitrogen and oxygen atoms in total. The van der Waals surface area contributed by atoms with E-state index in [9.17, 15) is 0 Å². The van der Waals surface area contributed by atoms with Crippen molar-refractivity contribution in [3.63, 3.8) is 0 Å². The van der Waals surface area contributed by atoms with Crippen LogP contribution >= 0.6 is 0 Å². The van der Waals surface area contributed by atoms with Gasteiger partial charge in [0.05, 0.1) is 0 Å². The van der Waals surface area contributed by atoms with Gasteiger partial charge >= 0.3 is 0 Å². The molecule has 0 aliphatic rings. The van der Waals surface area contributed by atoms with Crippen LogP contribution in [0.25, 0.3) is 0 Å². The van der Waals surface area contributed by atoms with E-state index in [0.29, 0.717) is 0 Å². The zero-order valence-electron chi connectivity index (χ0n) is 20.3. The molecule has 0 spiro atoms. The lowest BCUT2D eigenvalue weighted by Gasteiger charge is -2.16. The van der Waals surface area contributed by atoms with Crippen LogP contribution in [-0.2, 0) is 0 Å². The van der Waals surface area contributed by atoms with Gasteiger partial charge < -0.3 is 0 Å². The van der Waals surface area contributed by atoms with Gasteiger partial charge in [-0.3, -0.25) is 0 Å². The average Bonchev–Trinajstić information content (AvgIpc) is 2.71. The van der Waals surface area contributed by atoms with Crippen LogP contribution in [0.2, 0.25) is 0 Å². The van der Waals surface area contributed by atoms with Crippen LogP contribution in [0.3, 0.4) is 0 Å². The smallest absolute Gasteiger partial charge is 0.0414 e. The Bertz CT molecular complexity index is 249. The van der Waals surface area contributed by atoms with Gasteiger partial charge in [-0.2, -0.15) is 0 Å². The van der Waals surface area contributed by atoms with E-state index in [0.717, 1.165) is 12.3 Å². The standard InChI is InChI=1S/C28H57/c1-4-7-10-11-12-13-14-15-16-17-18-19-20-21-22-23-24-27-28(25-8-5-2)26-9-6-3/h28H,2,4-27H2,1,3H3. The van der Waals surface area contributed by atoms with E-state index >= 15 is 0 Å². The van der Waals surface area contributed by atoms with Gasteiger partial charge in [-0.15, -0.1) is 0 Å². The summed E-state index contributed by atoms with van der Waals surface area (Å²) in [6, 6.07) is 0. The summed E-state index contributed by atoms with van der Waals surface area (Å²) in [6.07, 6.45) is 34.7. The quantitative estimate of drug-likeness (QED) is 0.143. The van der Waals surface area contributed by atoms with Crippen molar-refractivity contribution in [3.8, 4) is 0 Å². The molecule has 0 heteroatoms. The molecule has 0 amide bonds. The summed E-state index contributed by atoms with van der Waals surface area (Å²) in [5.41, 5.74) is 0. The highest BCUT2D eigenvalue weighted by molar-refractivity contribution is 4.61. The fourth-order valence-corrected chi connectivity index (χ4v) is 4.52. The van der Waals surface area contributed by atoms with Gasteiger partial charge in [-0.05, 0) is 5.92 Å². The molecule has 169 valence electrons. The molecule has 0 saturated heterocycles. The second-order valence-corrected chi connectivity index (χ2v) is 9.45. The van der Waals surface area contributed by atoms with E-state index in [-0.39, 0.29) is 0 Å². The number of rotatable bonds is 24. The minimum Gasteiger partial charge on any atom is -0.0654 e. The van der Waals surface area contributed by atoms with Gasteiger partial charge in [0.1, 0.15) is 0 Å². The fraction of sp³-hybridized carbons (Fsp3) is 0.964. The molecule has 1 unspecified atom stereocenters. The van der Waals surface area contributed by atoms with Gasteiger partial charge in [0.2, 0.25) is 0 Å². The number of hydrogen-bond donors (Lipinski definition) is 0. The Morgan fingerprint density at radius 2 is 0.714 bits per heavy atom. The van der Waals surface area contributed by atoms with E-state index in [4.69, 9.17) is 0 Å². The first-order chi connectivity index (χ1) is 13.8. The first-order valence-electron chi connectivity index (χ1n) is 13.6. The number of unbranched alkanes of at least 4 members (excludes halogenated alkanes) is 18. The largest absolute Gasteiger partial charge is 0.0654 e. The summed E-state index contributed by atoms with van der Waals surface area (Å²) in [6.45, 7) is 8.65. The maximum atomic E-state index is 4.02.